The fourth-order valence-corrected chi connectivity index (χ4v) is 3.93. The van der Waals surface area contributed by atoms with E-state index in [2.05, 4.69) is 13.0 Å². The first-order valence-electron chi connectivity index (χ1n) is 6.09. The van der Waals surface area contributed by atoms with Crippen molar-refractivity contribution in [2.24, 2.45) is 17.3 Å². The minimum absolute atomic E-state index is 0.804. The van der Waals surface area contributed by atoms with Crippen LogP contribution in [-0.4, -0.2) is 0 Å². The highest BCUT2D eigenvalue weighted by atomic mass is 14.7. The van der Waals surface area contributed by atoms with E-state index in [-0.39, 0.29) is 0 Å². The van der Waals surface area contributed by atoms with Gasteiger partial charge in [-0.05, 0) is 42.9 Å². The molecule has 13 heavy (non-hydrogen) atoms. The normalized spacial score (nSPS) is 44.8. The molecule has 0 aliphatic heterocycles. The topological polar surface area (TPSA) is 0 Å². The monoisotopic (exact) mass is 176 g/mol. The fraction of sp³-hybridized carbons (Fsp3) is 0.846. The summed E-state index contributed by atoms with van der Waals surface area (Å²) in [5, 5.41) is 0. The van der Waals surface area contributed by atoms with Crippen molar-refractivity contribution in [3.05, 3.63) is 11.6 Å². The van der Waals surface area contributed by atoms with Crippen molar-refractivity contribution in [3.8, 4) is 0 Å². The van der Waals surface area contributed by atoms with E-state index in [1.54, 1.807) is 12.8 Å². The summed E-state index contributed by atoms with van der Waals surface area (Å²) >= 11 is 0. The molecule has 2 bridgehead atoms. The van der Waals surface area contributed by atoms with Crippen LogP contribution in [0.15, 0.2) is 11.6 Å². The van der Waals surface area contributed by atoms with Crippen LogP contribution in [0.5, 0.6) is 0 Å². The van der Waals surface area contributed by atoms with Gasteiger partial charge in [0.05, 0.1) is 0 Å². The largest absolute Gasteiger partial charge is 0.0813 e. The molecule has 3 rings (SSSR count). The Bertz CT molecular complexity index is 251. The Morgan fingerprint density at radius 3 is 3.00 bits per heavy atom. The van der Waals surface area contributed by atoms with E-state index >= 15 is 0 Å². The van der Waals surface area contributed by atoms with Gasteiger partial charge in [-0.2, -0.15) is 0 Å². The maximum absolute atomic E-state index is 2.63. The van der Waals surface area contributed by atoms with Crippen LogP contribution in [0.2, 0.25) is 0 Å². The van der Waals surface area contributed by atoms with Gasteiger partial charge in [0.2, 0.25) is 0 Å². The first-order chi connectivity index (χ1) is 6.37. The third-order valence-electron chi connectivity index (χ3n) is 4.63. The predicted octanol–water partition coefficient (Wildman–Crippen LogP) is 3.92. The number of unbranched alkanes of at least 4 members (excludes halogenated alkanes) is 2. The standard InChI is InChI=1S/C13H20/c1-2-3-4-5-11-12-8-10-6-7-13(11,12)9-10/h8,10-11H,2-7,9H2,1H3. The summed E-state index contributed by atoms with van der Waals surface area (Å²) in [5.74, 6) is 2.07. The highest BCUT2D eigenvalue weighted by molar-refractivity contribution is 5.45. The zero-order valence-corrected chi connectivity index (χ0v) is 8.68. The molecule has 0 heteroatoms. The quantitative estimate of drug-likeness (QED) is 0.450. The molecule has 3 atom stereocenters. The van der Waals surface area contributed by atoms with Gasteiger partial charge in [-0.1, -0.05) is 37.8 Å². The molecule has 2 saturated carbocycles. The Labute approximate surface area is 81.4 Å². The summed E-state index contributed by atoms with van der Waals surface area (Å²) in [6.45, 7) is 2.30. The summed E-state index contributed by atoms with van der Waals surface area (Å²) < 4.78 is 0. The van der Waals surface area contributed by atoms with Crippen molar-refractivity contribution >= 4 is 0 Å². The highest BCUT2D eigenvalue weighted by Crippen LogP contribution is 2.74. The second kappa shape index (κ2) is 2.62. The molecule has 0 saturated heterocycles. The summed E-state index contributed by atoms with van der Waals surface area (Å²) in [7, 11) is 0. The lowest BCUT2D eigenvalue weighted by atomic mass is 9.98. The molecule has 0 amide bonds. The zero-order valence-electron chi connectivity index (χ0n) is 8.68. The maximum atomic E-state index is 2.63. The second-order valence-electron chi connectivity index (χ2n) is 5.33. The van der Waals surface area contributed by atoms with Crippen LogP contribution in [0, 0.1) is 17.3 Å². The van der Waals surface area contributed by atoms with Gasteiger partial charge in [0, 0.05) is 0 Å². The highest BCUT2D eigenvalue weighted by Gasteiger charge is 2.64. The van der Waals surface area contributed by atoms with E-state index in [0.29, 0.717) is 0 Å². The first-order valence-corrected chi connectivity index (χ1v) is 6.09. The summed E-state index contributed by atoms with van der Waals surface area (Å²) in [6.07, 6.45) is 13.0. The molecule has 0 aromatic carbocycles. The lowest BCUT2D eigenvalue weighted by molar-refractivity contribution is 0.442. The van der Waals surface area contributed by atoms with Crippen molar-refractivity contribution in [2.45, 2.75) is 51.9 Å². The predicted molar refractivity (Wildman–Crippen MR) is 55.5 cm³/mol. The summed E-state index contributed by atoms with van der Waals surface area (Å²) in [4.78, 5) is 0. The van der Waals surface area contributed by atoms with Gasteiger partial charge in [-0.15, -0.1) is 0 Å². The van der Waals surface area contributed by atoms with E-state index in [9.17, 15) is 0 Å². The first kappa shape index (κ1) is 8.08. The van der Waals surface area contributed by atoms with Crippen molar-refractivity contribution in [3.63, 3.8) is 0 Å². The molecule has 0 aromatic heterocycles. The fourth-order valence-electron chi connectivity index (χ4n) is 3.93. The Morgan fingerprint density at radius 1 is 1.46 bits per heavy atom. The smallest absolute Gasteiger partial charge is 0.00135 e. The molecule has 0 nitrogen and oxygen atoms in total. The Hall–Kier alpha value is -0.260. The molecular formula is C13H20. The van der Waals surface area contributed by atoms with E-state index < -0.39 is 0 Å². The third kappa shape index (κ3) is 0.978. The zero-order chi connectivity index (χ0) is 8.89. The second-order valence-corrected chi connectivity index (χ2v) is 5.33. The SMILES string of the molecule is CCCCCC1C2=CC3CCC21C3. The molecule has 1 spiro atoms. The number of fused-ring (bicyclic) bond motifs is 1. The summed E-state index contributed by atoms with van der Waals surface area (Å²) in [6, 6.07) is 0. The van der Waals surface area contributed by atoms with Gasteiger partial charge in [-0.25, -0.2) is 0 Å². The lowest BCUT2D eigenvalue weighted by Gasteiger charge is -2.05. The minimum Gasteiger partial charge on any atom is -0.0813 e. The van der Waals surface area contributed by atoms with E-state index in [4.69, 9.17) is 0 Å². The molecular weight excluding hydrogens is 156 g/mol. The van der Waals surface area contributed by atoms with Crippen LogP contribution in [0.1, 0.15) is 51.9 Å². The molecule has 3 unspecified atom stereocenters. The van der Waals surface area contributed by atoms with Crippen molar-refractivity contribution in [1.82, 2.24) is 0 Å². The van der Waals surface area contributed by atoms with Crippen molar-refractivity contribution in [2.75, 3.05) is 0 Å². The van der Waals surface area contributed by atoms with Gasteiger partial charge >= 0.3 is 0 Å². The Morgan fingerprint density at radius 2 is 2.38 bits per heavy atom. The number of hydrogen-bond donors (Lipinski definition) is 0. The molecule has 72 valence electrons. The lowest BCUT2D eigenvalue weighted by Crippen LogP contribution is -1.96. The average molecular weight is 176 g/mol. The van der Waals surface area contributed by atoms with Gasteiger partial charge < -0.3 is 0 Å². The van der Waals surface area contributed by atoms with E-state index in [1.165, 1.54) is 32.1 Å². The molecule has 0 radical (unpaired) electrons. The van der Waals surface area contributed by atoms with Gasteiger partial charge in [0.1, 0.15) is 0 Å². The Balaban J connectivity index is 1.60. The number of hydrogen-bond acceptors (Lipinski definition) is 0. The molecule has 0 heterocycles. The van der Waals surface area contributed by atoms with Crippen molar-refractivity contribution in [1.29, 1.82) is 0 Å². The number of rotatable bonds is 4. The molecule has 3 aliphatic rings. The molecule has 2 fully saturated rings. The maximum Gasteiger partial charge on any atom is -0.00135 e. The molecule has 0 N–H and O–H groups in total. The van der Waals surface area contributed by atoms with Crippen LogP contribution in [-0.2, 0) is 0 Å². The molecule has 3 aliphatic carbocycles. The van der Waals surface area contributed by atoms with Gasteiger partial charge in [-0.3, -0.25) is 0 Å². The van der Waals surface area contributed by atoms with E-state index in [1.807, 2.05) is 5.57 Å². The van der Waals surface area contributed by atoms with Gasteiger partial charge in [0.25, 0.3) is 0 Å². The van der Waals surface area contributed by atoms with Gasteiger partial charge in [0.15, 0.2) is 0 Å². The van der Waals surface area contributed by atoms with Crippen LogP contribution >= 0.6 is 0 Å². The third-order valence-corrected chi connectivity index (χ3v) is 4.63. The summed E-state index contributed by atoms with van der Waals surface area (Å²) in [5.41, 5.74) is 2.69. The average Bonchev–Trinajstić information content (AvgIpc) is 2.52. The number of allylic oxidation sites excluding steroid dienone is 2. The molecule has 0 aromatic rings. The van der Waals surface area contributed by atoms with Crippen LogP contribution < -0.4 is 0 Å². The van der Waals surface area contributed by atoms with E-state index in [0.717, 1.165) is 17.3 Å². The van der Waals surface area contributed by atoms with Crippen LogP contribution in [0.4, 0.5) is 0 Å². The minimum atomic E-state index is 0.804. The van der Waals surface area contributed by atoms with Crippen LogP contribution in [0.25, 0.3) is 0 Å². The van der Waals surface area contributed by atoms with Crippen LogP contribution in [0.3, 0.4) is 0 Å². The Kier molecular flexibility index (Phi) is 1.63. The van der Waals surface area contributed by atoms with Crippen molar-refractivity contribution < 1.29 is 0 Å².